The molecule has 2 rings (SSSR count). The van der Waals surface area contributed by atoms with Crippen LogP contribution in [0.2, 0.25) is 0 Å². The number of nitrogens with one attached hydrogen (secondary N) is 2. The topological polar surface area (TPSA) is 50.4 Å². The Morgan fingerprint density at radius 2 is 2.15 bits per heavy atom. The highest BCUT2D eigenvalue weighted by Crippen LogP contribution is 2.22. The van der Waals surface area contributed by atoms with Crippen LogP contribution >= 0.6 is 0 Å². The largest absolute Gasteiger partial charge is 0.378 e. The van der Waals surface area contributed by atoms with Gasteiger partial charge in [0.25, 0.3) is 0 Å². The Morgan fingerprint density at radius 3 is 2.85 bits per heavy atom. The van der Waals surface area contributed by atoms with Crippen LogP contribution < -0.4 is 10.6 Å². The van der Waals surface area contributed by atoms with Crippen molar-refractivity contribution >= 4 is 11.6 Å². The number of hydrogen-bond acceptors (Lipinski definition) is 3. The van der Waals surface area contributed by atoms with Gasteiger partial charge in [0.2, 0.25) is 5.91 Å². The Labute approximate surface area is 120 Å². The number of anilines is 1. The molecule has 0 aliphatic carbocycles. The van der Waals surface area contributed by atoms with Crippen molar-refractivity contribution in [3.8, 4) is 0 Å². The third-order valence-corrected chi connectivity index (χ3v) is 3.87. The molecule has 3 atom stereocenters. The number of carbonyl (C=O) groups excluding carboxylic acids is 1. The molecule has 1 aliphatic heterocycles. The van der Waals surface area contributed by atoms with Crippen molar-refractivity contribution in [2.24, 2.45) is 5.92 Å². The first-order chi connectivity index (χ1) is 9.70. The molecule has 1 amide bonds. The molecular weight excluding hydrogens is 252 g/mol. The van der Waals surface area contributed by atoms with Crippen molar-refractivity contribution in [2.45, 2.75) is 38.8 Å². The predicted octanol–water partition coefficient (Wildman–Crippen LogP) is 2.42. The average Bonchev–Trinajstić information content (AvgIpc) is 2.93. The zero-order valence-corrected chi connectivity index (χ0v) is 12.3. The molecule has 0 bridgehead atoms. The number of amides is 1. The molecule has 20 heavy (non-hydrogen) atoms. The van der Waals surface area contributed by atoms with E-state index in [4.69, 9.17) is 4.74 Å². The lowest BCUT2D eigenvalue weighted by Crippen LogP contribution is -2.41. The van der Waals surface area contributed by atoms with Gasteiger partial charge in [0.05, 0.1) is 12.1 Å². The molecule has 1 saturated heterocycles. The number of carbonyl (C=O) groups is 1. The second-order valence-corrected chi connectivity index (χ2v) is 5.35. The van der Waals surface area contributed by atoms with Gasteiger partial charge in [-0.15, -0.1) is 0 Å². The van der Waals surface area contributed by atoms with Crippen LogP contribution in [0.4, 0.5) is 5.69 Å². The van der Waals surface area contributed by atoms with Crippen LogP contribution in [0.1, 0.15) is 26.7 Å². The highest BCUT2D eigenvalue weighted by Gasteiger charge is 2.27. The summed E-state index contributed by atoms with van der Waals surface area (Å²) in [7, 11) is 0. The van der Waals surface area contributed by atoms with Gasteiger partial charge in [-0.05, 0) is 37.8 Å². The van der Waals surface area contributed by atoms with Gasteiger partial charge in [-0.2, -0.15) is 0 Å². The van der Waals surface area contributed by atoms with E-state index in [1.165, 1.54) is 0 Å². The minimum atomic E-state index is -0.201. The first kappa shape index (κ1) is 15.0. The molecule has 4 nitrogen and oxygen atoms in total. The van der Waals surface area contributed by atoms with Crippen molar-refractivity contribution in [2.75, 3.05) is 18.5 Å². The summed E-state index contributed by atoms with van der Waals surface area (Å²) in [6, 6.07) is 9.34. The Morgan fingerprint density at radius 1 is 1.40 bits per heavy atom. The fourth-order valence-electron chi connectivity index (χ4n) is 2.57. The van der Waals surface area contributed by atoms with E-state index < -0.39 is 0 Å². The maximum atomic E-state index is 12.1. The molecule has 0 aromatic heterocycles. The molecule has 1 heterocycles. The van der Waals surface area contributed by atoms with E-state index in [1.807, 2.05) is 37.3 Å². The van der Waals surface area contributed by atoms with Gasteiger partial charge in [0, 0.05) is 18.8 Å². The molecule has 3 unspecified atom stereocenters. The molecular formula is C16H24N2O2. The van der Waals surface area contributed by atoms with Crippen LogP contribution in [0.15, 0.2) is 30.3 Å². The zero-order valence-electron chi connectivity index (χ0n) is 12.3. The Kier molecular flexibility index (Phi) is 5.56. The lowest BCUT2D eigenvalue weighted by Gasteiger charge is -2.20. The summed E-state index contributed by atoms with van der Waals surface area (Å²) in [4.78, 5) is 12.1. The summed E-state index contributed by atoms with van der Waals surface area (Å²) in [5, 5.41) is 6.23. The third-order valence-electron chi connectivity index (χ3n) is 3.87. The highest BCUT2D eigenvalue weighted by atomic mass is 16.5. The number of ether oxygens (including phenoxy) is 1. The first-order valence-corrected chi connectivity index (χ1v) is 7.41. The molecule has 1 aromatic carbocycles. The molecule has 0 spiro atoms. The van der Waals surface area contributed by atoms with E-state index in [9.17, 15) is 4.79 Å². The maximum absolute atomic E-state index is 12.1. The minimum absolute atomic E-state index is 0.00293. The minimum Gasteiger partial charge on any atom is -0.378 e. The van der Waals surface area contributed by atoms with Gasteiger partial charge < -0.3 is 15.4 Å². The fraction of sp³-hybridized carbons (Fsp3) is 0.562. The first-order valence-electron chi connectivity index (χ1n) is 7.41. The van der Waals surface area contributed by atoms with E-state index in [0.717, 1.165) is 31.7 Å². The number of hydrogen-bond donors (Lipinski definition) is 2. The Hall–Kier alpha value is -1.39. The van der Waals surface area contributed by atoms with Crippen LogP contribution in [-0.2, 0) is 9.53 Å². The maximum Gasteiger partial charge on any atom is 0.241 e. The van der Waals surface area contributed by atoms with Gasteiger partial charge in [0.15, 0.2) is 0 Å². The summed E-state index contributed by atoms with van der Waals surface area (Å²) in [5.41, 5.74) is 0.835. The molecule has 0 radical (unpaired) electrons. The monoisotopic (exact) mass is 276 g/mol. The molecule has 1 fully saturated rings. The summed E-state index contributed by atoms with van der Waals surface area (Å²) >= 11 is 0. The van der Waals surface area contributed by atoms with Crippen LogP contribution in [0, 0.1) is 5.92 Å². The van der Waals surface area contributed by atoms with Gasteiger partial charge in [-0.1, -0.05) is 25.1 Å². The third kappa shape index (κ3) is 4.05. The molecule has 110 valence electrons. The molecule has 1 aromatic rings. The van der Waals surface area contributed by atoms with Crippen molar-refractivity contribution in [3.05, 3.63) is 30.3 Å². The summed E-state index contributed by atoms with van der Waals surface area (Å²) < 4.78 is 5.66. The Balaban J connectivity index is 1.76. The summed E-state index contributed by atoms with van der Waals surface area (Å²) in [6.07, 6.45) is 2.46. The molecule has 4 heteroatoms. The van der Waals surface area contributed by atoms with Crippen LogP contribution in [-0.4, -0.2) is 31.2 Å². The number of benzene rings is 1. The standard InChI is InChI=1S/C16H24N2O2/c1-3-15-13(9-10-20-15)11-17-12(2)16(19)18-14-7-5-4-6-8-14/h4-8,12-13,15,17H,3,9-11H2,1-2H3,(H,18,19). The summed E-state index contributed by atoms with van der Waals surface area (Å²) in [6.45, 7) is 5.72. The average molecular weight is 276 g/mol. The second kappa shape index (κ2) is 7.41. The van der Waals surface area contributed by atoms with E-state index in [-0.39, 0.29) is 11.9 Å². The predicted molar refractivity (Wildman–Crippen MR) is 80.7 cm³/mol. The van der Waals surface area contributed by atoms with Crippen molar-refractivity contribution in [3.63, 3.8) is 0 Å². The highest BCUT2D eigenvalue weighted by molar-refractivity contribution is 5.94. The van der Waals surface area contributed by atoms with Crippen molar-refractivity contribution in [1.82, 2.24) is 5.32 Å². The van der Waals surface area contributed by atoms with E-state index >= 15 is 0 Å². The van der Waals surface area contributed by atoms with Gasteiger partial charge >= 0.3 is 0 Å². The zero-order chi connectivity index (χ0) is 14.4. The molecule has 0 saturated carbocycles. The lowest BCUT2D eigenvalue weighted by atomic mass is 9.99. The van der Waals surface area contributed by atoms with Gasteiger partial charge in [0.1, 0.15) is 0 Å². The lowest BCUT2D eigenvalue weighted by molar-refractivity contribution is -0.117. The second-order valence-electron chi connectivity index (χ2n) is 5.35. The quantitative estimate of drug-likeness (QED) is 0.839. The number of para-hydroxylation sites is 1. The van der Waals surface area contributed by atoms with Gasteiger partial charge in [-0.3, -0.25) is 4.79 Å². The van der Waals surface area contributed by atoms with E-state index in [2.05, 4.69) is 17.6 Å². The van der Waals surface area contributed by atoms with Crippen molar-refractivity contribution < 1.29 is 9.53 Å². The normalized spacial score (nSPS) is 23.5. The smallest absolute Gasteiger partial charge is 0.241 e. The summed E-state index contributed by atoms with van der Waals surface area (Å²) in [5.74, 6) is 0.523. The fourth-order valence-corrected chi connectivity index (χ4v) is 2.57. The van der Waals surface area contributed by atoms with Crippen molar-refractivity contribution in [1.29, 1.82) is 0 Å². The van der Waals surface area contributed by atoms with Gasteiger partial charge in [-0.25, -0.2) is 0 Å². The van der Waals surface area contributed by atoms with Crippen LogP contribution in [0.3, 0.4) is 0 Å². The molecule has 2 N–H and O–H groups in total. The molecule has 1 aliphatic rings. The Bertz CT molecular complexity index is 422. The van der Waals surface area contributed by atoms with Crippen LogP contribution in [0.25, 0.3) is 0 Å². The van der Waals surface area contributed by atoms with E-state index in [0.29, 0.717) is 12.0 Å². The SMILES string of the molecule is CCC1OCCC1CNC(C)C(=O)Nc1ccccc1. The number of rotatable bonds is 6. The van der Waals surface area contributed by atoms with Crippen LogP contribution in [0.5, 0.6) is 0 Å². The van der Waals surface area contributed by atoms with E-state index in [1.54, 1.807) is 0 Å².